The van der Waals surface area contributed by atoms with E-state index >= 15 is 0 Å². The molecule has 1 rings (SSSR count). The van der Waals surface area contributed by atoms with Gasteiger partial charge in [-0.15, -0.1) is 0 Å². The highest BCUT2D eigenvalue weighted by Gasteiger charge is 2.00. The van der Waals surface area contributed by atoms with Gasteiger partial charge in [-0.3, -0.25) is 4.79 Å². The van der Waals surface area contributed by atoms with E-state index in [0.717, 1.165) is 0 Å². The lowest BCUT2D eigenvalue weighted by molar-refractivity contribution is -0.116. The van der Waals surface area contributed by atoms with Gasteiger partial charge < -0.3 is 15.9 Å². The Bertz CT molecular complexity index is 340. The molecule has 0 radical (unpaired) electrons. The van der Waals surface area contributed by atoms with Crippen LogP contribution in [-0.2, 0) is 4.79 Å². The van der Waals surface area contributed by atoms with E-state index in [0.29, 0.717) is 5.56 Å². The van der Waals surface area contributed by atoms with Gasteiger partial charge in [-0.05, 0) is 23.8 Å². The summed E-state index contributed by atoms with van der Waals surface area (Å²) in [6.45, 7) is 0. The number of primary amides is 1. The summed E-state index contributed by atoms with van der Waals surface area (Å²) < 4.78 is 0. The average Bonchev–Trinajstić information content (AvgIpc) is 2.08. The van der Waals surface area contributed by atoms with Gasteiger partial charge in [0.25, 0.3) is 5.91 Å². The van der Waals surface area contributed by atoms with Crippen LogP contribution >= 0.6 is 0 Å². The molecular formula is C9H9NO3. The van der Waals surface area contributed by atoms with Crippen LogP contribution in [0.15, 0.2) is 30.0 Å². The summed E-state index contributed by atoms with van der Waals surface area (Å²) in [5.74, 6) is -1.27. The lowest BCUT2D eigenvalue weighted by Crippen LogP contribution is -2.12. The van der Waals surface area contributed by atoms with Gasteiger partial charge >= 0.3 is 0 Å². The van der Waals surface area contributed by atoms with Crippen molar-refractivity contribution in [3.8, 4) is 5.75 Å². The molecule has 0 atom stereocenters. The second kappa shape index (κ2) is 3.62. The molecule has 0 bridgehead atoms. The number of carbonyl (C=O) groups is 1. The zero-order valence-electron chi connectivity index (χ0n) is 6.77. The molecule has 1 aromatic carbocycles. The molecule has 0 fully saturated rings. The number of aliphatic hydroxyl groups is 1. The van der Waals surface area contributed by atoms with Crippen LogP contribution in [-0.4, -0.2) is 16.1 Å². The van der Waals surface area contributed by atoms with E-state index in [9.17, 15) is 4.79 Å². The van der Waals surface area contributed by atoms with Crippen molar-refractivity contribution in [1.29, 1.82) is 0 Å². The van der Waals surface area contributed by atoms with Crippen LogP contribution in [0.5, 0.6) is 5.75 Å². The van der Waals surface area contributed by atoms with Crippen LogP contribution in [0.3, 0.4) is 0 Å². The fourth-order valence-corrected chi connectivity index (χ4v) is 0.800. The Kier molecular flexibility index (Phi) is 2.54. The van der Waals surface area contributed by atoms with E-state index in [1.54, 1.807) is 12.1 Å². The number of hydrogen-bond acceptors (Lipinski definition) is 3. The fourth-order valence-electron chi connectivity index (χ4n) is 0.800. The smallest absolute Gasteiger partial charge is 0.283 e. The summed E-state index contributed by atoms with van der Waals surface area (Å²) in [4.78, 5) is 10.4. The van der Waals surface area contributed by atoms with Crippen molar-refractivity contribution in [2.45, 2.75) is 0 Å². The zero-order chi connectivity index (χ0) is 9.84. The van der Waals surface area contributed by atoms with Gasteiger partial charge in [0.15, 0.2) is 5.76 Å². The van der Waals surface area contributed by atoms with Gasteiger partial charge in [0.1, 0.15) is 5.75 Å². The van der Waals surface area contributed by atoms with Crippen molar-refractivity contribution >= 4 is 12.0 Å². The topological polar surface area (TPSA) is 83.6 Å². The van der Waals surface area contributed by atoms with E-state index in [-0.39, 0.29) is 5.75 Å². The first-order valence-electron chi connectivity index (χ1n) is 3.59. The van der Waals surface area contributed by atoms with Crippen LogP contribution < -0.4 is 5.73 Å². The Labute approximate surface area is 74.9 Å². The van der Waals surface area contributed by atoms with Gasteiger partial charge in [0.2, 0.25) is 0 Å². The number of phenols is 1. The average molecular weight is 179 g/mol. The number of rotatable bonds is 2. The van der Waals surface area contributed by atoms with Crippen molar-refractivity contribution in [3.63, 3.8) is 0 Å². The molecule has 4 N–H and O–H groups in total. The van der Waals surface area contributed by atoms with Gasteiger partial charge in [0.05, 0.1) is 0 Å². The highest BCUT2D eigenvalue weighted by atomic mass is 16.3. The van der Waals surface area contributed by atoms with Crippen LogP contribution in [0.25, 0.3) is 6.08 Å². The molecule has 0 aromatic heterocycles. The fraction of sp³-hybridized carbons (Fsp3) is 0. The third kappa shape index (κ3) is 2.52. The number of carbonyl (C=O) groups excluding carboxylic acids is 1. The maximum Gasteiger partial charge on any atom is 0.283 e. The molecule has 0 saturated heterocycles. The summed E-state index contributed by atoms with van der Waals surface area (Å²) in [7, 11) is 0. The Morgan fingerprint density at radius 3 is 2.31 bits per heavy atom. The van der Waals surface area contributed by atoms with Crippen LogP contribution in [0.2, 0.25) is 0 Å². The molecule has 0 unspecified atom stereocenters. The molecule has 1 aromatic rings. The molecule has 0 aliphatic heterocycles. The summed E-state index contributed by atoms with van der Waals surface area (Å²) in [6, 6.07) is 5.99. The normalized spacial score (nSPS) is 11.2. The third-order valence-corrected chi connectivity index (χ3v) is 1.45. The first-order valence-corrected chi connectivity index (χ1v) is 3.59. The van der Waals surface area contributed by atoms with Crippen LogP contribution in [0, 0.1) is 0 Å². The summed E-state index contributed by atoms with van der Waals surface area (Å²) in [5.41, 5.74) is 5.40. The molecule has 4 heteroatoms. The van der Waals surface area contributed by atoms with Crippen LogP contribution in [0.1, 0.15) is 5.56 Å². The number of nitrogens with two attached hydrogens (primary N) is 1. The SMILES string of the molecule is NC(=O)C(O)=Cc1ccc(O)cc1. The monoisotopic (exact) mass is 179 g/mol. The van der Waals surface area contributed by atoms with Crippen molar-refractivity contribution in [3.05, 3.63) is 35.6 Å². The third-order valence-electron chi connectivity index (χ3n) is 1.45. The number of phenolic OH excluding ortho intramolecular Hbond substituents is 1. The lowest BCUT2D eigenvalue weighted by Gasteiger charge is -1.95. The quantitative estimate of drug-likeness (QED) is 0.463. The molecule has 0 spiro atoms. The van der Waals surface area contributed by atoms with E-state index < -0.39 is 11.7 Å². The standard InChI is InChI=1S/C9H9NO3/c10-9(13)8(12)5-6-1-3-7(11)4-2-6/h1-5,11-12H,(H2,10,13). The van der Waals surface area contributed by atoms with Crippen molar-refractivity contribution < 1.29 is 15.0 Å². The Hall–Kier alpha value is -1.97. The van der Waals surface area contributed by atoms with E-state index in [4.69, 9.17) is 15.9 Å². The maximum absolute atomic E-state index is 10.4. The van der Waals surface area contributed by atoms with Crippen molar-refractivity contribution in [2.24, 2.45) is 5.73 Å². The first kappa shape index (κ1) is 9.12. The van der Waals surface area contributed by atoms with E-state index in [1.807, 2.05) is 0 Å². The molecule has 0 saturated carbocycles. The van der Waals surface area contributed by atoms with E-state index in [1.165, 1.54) is 18.2 Å². The minimum absolute atomic E-state index is 0.121. The van der Waals surface area contributed by atoms with Gasteiger partial charge in [0, 0.05) is 0 Å². The molecule has 0 heterocycles. The number of aliphatic hydroxyl groups excluding tert-OH is 1. The second-order valence-electron chi connectivity index (χ2n) is 2.49. The second-order valence-corrected chi connectivity index (χ2v) is 2.49. The minimum atomic E-state index is -0.881. The number of aromatic hydroxyl groups is 1. The molecule has 1 amide bonds. The molecule has 13 heavy (non-hydrogen) atoms. The summed E-state index contributed by atoms with van der Waals surface area (Å²) in [5, 5.41) is 17.9. The van der Waals surface area contributed by atoms with Crippen LogP contribution in [0.4, 0.5) is 0 Å². The summed E-state index contributed by atoms with van der Waals surface area (Å²) >= 11 is 0. The number of benzene rings is 1. The van der Waals surface area contributed by atoms with Gasteiger partial charge in [-0.2, -0.15) is 0 Å². The molecule has 0 aliphatic rings. The predicted octanol–water partition coefficient (Wildman–Crippen LogP) is 0.776. The van der Waals surface area contributed by atoms with Crippen molar-refractivity contribution in [1.82, 2.24) is 0 Å². The number of hydrogen-bond donors (Lipinski definition) is 3. The molecule has 4 nitrogen and oxygen atoms in total. The van der Waals surface area contributed by atoms with Gasteiger partial charge in [-0.1, -0.05) is 12.1 Å². The van der Waals surface area contributed by atoms with E-state index in [2.05, 4.69) is 0 Å². The Balaban J connectivity index is 2.92. The maximum atomic E-state index is 10.4. The zero-order valence-corrected chi connectivity index (χ0v) is 6.77. The highest BCUT2D eigenvalue weighted by Crippen LogP contribution is 2.11. The predicted molar refractivity (Wildman–Crippen MR) is 47.9 cm³/mol. The lowest BCUT2D eigenvalue weighted by atomic mass is 10.2. The highest BCUT2D eigenvalue weighted by molar-refractivity contribution is 5.93. The molecular weight excluding hydrogens is 170 g/mol. The largest absolute Gasteiger partial charge is 0.508 e. The van der Waals surface area contributed by atoms with Gasteiger partial charge in [-0.25, -0.2) is 0 Å². The first-order chi connectivity index (χ1) is 6.09. The van der Waals surface area contributed by atoms with Crippen molar-refractivity contribution in [2.75, 3.05) is 0 Å². The minimum Gasteiger partial charge on any atom is -0.508 e. The molecule has 68 valence electrons. The molecule has 0 aliphatic carbocycles. The Morgan fingerprint density at radius 1 is 1.31 bits per heavy atom. The number of amides is 1. The summed E-state index contributed by atoms with van der Waals surface area (Å²) in [6.07, 6.45) is 1.22. The Morgan fingerprint density at radius 2 is 1.85 bits per heavy atom.